The Balaban J connectivity index is 2.36. The van der Waals surface area contributed by atoms with Crippen LogP contribution in [0, 0.1) is 16.7 Å². The Bertz CT molecular complexity index is 1130. The summed E-state index contributed by atoms with van der Waals surface area (Å²) >= 11 is 13.8. The first kappa shape index (κ1) is 19.8. The van der Waals surface area contributed by atoms with Gasteiger partial charge in [0.15, 0.2) is 0 Å². The average Bonchev–Trinajstić information content (AvgIpc) is 3.07. The van der Waals surface area contributed by atoms with E-state index in [2.05, 4.69) is 21.4 Å². The first-order valence-corrected chi connectivity index (χ1v) is 9.56. The second-order valence-corrected chi connectivity index (χ2v) is 7.43. The molecular formula is C19H14Cl2N6S. The van der Waals surface area contributed by atoms with Crippen molar-refractivity contribution in [3.63, 3.8) is 0 Å². The predicted molar refractivity (Wildman–Crippen MR) is 117 cm³/mol. The minimum absolute atomic E-state index is 0.131. The van der Waals surface area contributed by atoms with E-state index in [1.807, 2.05) is 12.1 Å². The van der Waals surface area contributed by atoms with Crippen LogP contribution in [0.1, 0.15) is 10.4 Å². The summed E-state index contributed by atoms with van der Waals surface area (Å²) in [5.74, 6) is 0.801. The number of aromatic nitrogens is 1. The summed E-state index contributed by atoms with van der Waals surface area (Å²) in [6.45, 7) is 0. The molecule has 0 aliphatic carbocycles. The van der Waals surface area contributed by atoms with Crippen LogP contribution in [0.3, 0.4) is 0 Å². The highest BCUT2D eigenvalue weighted by molar-refractivity contribution is 7.18. The smallest absolute Gasteiger partial charge is 0.143 e. The van der Waals surface area contributed by atoms with E-state index in [0.29, 0.717) is 42.3 Å². The lowest BCUT2D eigenvalue weighted by molar-refractivity contribution is 1.29. The summed E-state index contributed by atoms with van der Waals surface area (Å²) in [5, 5.41) is 21.0. The van der Waals surface area contributed by atoms with E-state index in [4.69, 9.17) is 34.3 Å². The van der Waals surface area contributed by atoms with Gasteiger partial charge in [-0.3, -0.25) is 5.41 Å². The Morgan fingerprint density at radius 1 is 1.36 bits per heavy atom. The van der Waals surface area contributed by atoms with Crippen molar-refractivity contribution in [2.45, 2.75) is 0 Å². The minimum Gasteiger partial charge on any atom is -0.382 e. The number of nitriles is 1. The second-order valence-electron chi connectivity index (χ2n) is 5.57. The van der Waals surface area contributed by atoms with Crippen molar-refractivity contribution in [1.82, 2.24) is 4.98 Å². The molecule has 0 unspecified atom stereocenters. The van der Waals surface area contributed by atoms with Crippen molar-refractivity contribution in [3.05, 3.63) is 57.0 Å². The molecule has 140 valence electrons. The third-order valence-corrected chi connectivity index (χ3v) is 5.74. The van der Waals surface area contributed by atoms with E-state index in [-0.39, 0.29) is 5.84 Å². The molecule has 3 aromatic rings. The number of pyridine rings is 1. The summed E-state index contributed by atoms with van der Waals surface area (Å²) in [4.78, 5) is 9.37. The van der Waals surface area contributed by atoms with E-state index in [9.17, 15) is 5.26 Å². The quantitative estimate of drug-likeness (QED) is 0.391. The number of amidine groups is 1. The summed E-state index contributed by atoms with van der Waals surface area (Å²) in [6.07, 6.45) is 2.52. The number of nitrogens with two attached hydrogens (primary N) is 1. The molecule has 0 bridgehead atoms. The summed E-state index contributed by atoms with van der Waals surface area (Å²) < 4.78 is 0. The number of anilines is 1. The fraction of sp³-hybridized carbons (Fsp3) is 0.0526. The van der Waals surface area contributed by atoms with Crippen LogP contribution < -0.4 is 11.1 Å². The van der Waals surface area contributed by atoms with Crippen molar-refractivity contribution < 1.29 is 0 Å². The highest BCUT2D eigenvalue weighted by Crippen LogP contribution is 2.44. The van der Waals surface area contributed by atoms with Crippen LogP contribution in [-0.2, 0) is 0 Å². The van der Waals surface area contributed by atoms with Gasteiger partial charge in [0.1, 0.15) is 24.1 Å². The zero-order chi connectivity index (χ0) is 20.3. The summed E-state index contributed by atoms with van der Waals surface area (Å²) in [5.41, 5.74) is 8.51. The van der Waals surface area contributed by atoms with Gasteiger partial charge in [-0.1, -0.05) is 29.3 Å². The number of nitrogens with zero attached hydrogens (tertiary/aromatic N) is 3. The topological polar surface area (TPSA) is 111 Å². The van der Waals surface area contributed by atoms with Crippen molar-refractivity contribution >= 4 is 52.5 Å². The van der Waals surface area contributed by atoms with Crippen LogP contribution in [0.5, 0.6) is 0 Å². The molecule has 0 spiro atoms. The summed E-state index contributed by atoms with van der Waals surface area (Å²) in [6, 6.07) is 11.0. The number of hydrogen-bond donors (Lipinski definition) is 3. The Morgan fingerprint density at radius 3 is 2.79 bits per heavy atom. The molecule has 9 heteroatoms. The van der Waals surface area contributed by atoms with E-state index >= 15 is 0 Å². The summed E-state index contributed by atoms with van der Waals surface area (Å²) in [7, 11) is 1.77. The number of halogens is 2. The van der Waals surface area contributed by atoms with Crippen LogP contribution in [0.15, 0.2) is 41.5 Å². The second kappa shape index (κ2) is 8.40. The van der Waals surface area contributed by atoms with Gasteiger partial charge in [-0.25, -0.2) is 9.98 Å². The molecule has 2 heterocycles. The number of thiophene rings is 1. The van der Waals surface area contributed by atoms with Gasteiger partial charge in [0.2, 0.25) is 0 Å². The van der Waals surface area contributed by atoms with Gasteiger partial charge in [-0.2, -0.15) is 5.26 Å². The largest absolute Gasteiger partial charge is 0.382 e. The highest BCUT2D eigenvalue weighted by Gasteiger charge is 2.24. The van der Waals surface area contributed by atoms with Crippen molar-refractivity contribution in [2.75, 3.05) is 12.4 Å². The zero-order valence-corrected chi connectivity index (χ0v) is 17.0. The van der Waals surface area contributed by atoms with Gasteiger partial charge in [-0.05, 0) is 29.8 Å². The normalized spacial score (nSPS) is 11.1. The monoisotopic (exact) mass is 428 g/mol. The maximum absolute atomic E-state index is 9.95. The van der Waals surface area contributed by atoms with Gasteiger partial charge in [0.25, 0.3) is 0 Å². The molecule has 0 aliphatic heterocycles. The maximum atomic E-state index is 9.95. The number of aliphatic imine (C=N–C) groups is 1. The molecule has 0 saturated heterocycles. The Hall–Kier alpha value is -2.92. The number of hydrogen-bond acceptors (Lipinski definition) is 5. The van der Waals surface area contributed by atoms with Crippen LogP contribution in [0.2, 0.25) is 10.0 Å². The molecule has 0 radical (unpaired) electrons. The molecule has 2 aromatic heterocycles. The first-order valence-electron chi connectivity index (χ1n) is 7.99. The van der Waals surface area contributed by atoms with E-state index < -0.39 is 0 Å². The SMILES string of the molecule is CNc1cc(-c2sc(C(N)=NC=N)c(-c3ccc(Cl)cc3Cl)c2C#N)ccn1. The third kappa shape index (κ3) is 3.71. The molecule has 28 heavy (non-hydrogen) atoms. The molecule has 0 atom stereocenters. The molecule has 6 nitrogen and oxygen atoms in total. The average molecular weight is 429 g/mol. The minimum atomic E-state index is 0.131. The lowest BCUT2D eigenvalue weighted by Gasteiger charge is -2.07. The highest BCUT2D eigenvalue weighted by atomic mass is 35.5. The zero-order valence-electron chi connectivity index (χ0n) is 14.6. The molecule has 1 aromatic carbocycles. The number of nitrogens with one attached hydrogen (secondary N) is 2. The third-order valence-electron chi connectivity index (χ3n) is 3.94. The van der Waals surface area contributed by atoms with E-state index in [1.54, 1.807) is 31.4 Å². The van der Waals surface area contributed by atoms with Crippen molar-refractivity contribution in [1.29, 1.82) is 10.7 Å². The molecular weight excluding hydrogens is 415 g/mol. The predicted octanol–water partition coefficient (Wildman–Crippen LogP) is 5.01. The van der Waals surface area contributed by atoms with Gasteiger partial charge < -0.3 is 11.1 Å². The number of rotatable bonds is 5. The van der Waals surface area contributed by atoms with E-state index in [0.717, 1.165) is 11.9 Å². The van der Waals surface area contributed by atoms with Crippen LogP contribution in [-0.4, -0.2) is 24.2 Å². The van der Waals surface area contributed by atoms with Crippen molar-refractivity contribution in [2.24, 2.45) is 10.7 Å². The first-order chi connectivity index (χ1) is 13.5. The molecule has 0 fully saturated rings. The Kier molecular flexibility index (Phi) is 5.95. The lowest BCUT2D eigenvalue weighted by atomic mass is 9.98. The fourth-order valence-corrected chi connectivity index (χ4v) is 4.38. The van der Waals surface area contributed by atoms with Crippen LogP contribution in [0.4, 0.5) is 5.82 Å². The van der Waals surface area contributed by atoms with E-state index in [1.165, 1.54) is 11.3 Å². The van der Waals surface area contributed by atoms with Crippen molar-refractivity contribution in [3.8, 4) is 27.6 Å². The van der Waals surface area contributed by atoms with Gasteiger partial charge in [0, 0.05) is 34.4 Å². The lowest BCUT2D eigenvalue weighted by Crippen LogP contribution is -2.12. The van der Waals surface area contributed by atoms with Gasteiger partial charge in [-0.15, -0.1) is 11.3 Å². The molecule has 4 N–H and O–H groups in total. The molecule has 0 amide bonds. The Labute approximate surface area is 175 Å². The molecule has 0 saturated carbocycles. The number of benzene rings is 1. The van der Waals surface area contributed by atoms with Crippen LogP contribution in [0.25, 0.3) is 21.6 Å². The molecule has 0 aliphatic rings. The van der Waals surface area contributed by atoms with Gasteiger partial charge >= 0.3 is 0 Å². The maximum Gasteiger partial charge on any atom is 0.143 e. The standard InChI is InChI=1S/C19H14Cl2N6S/c1-25-15-6-10(4-5-26-15)17-13(8-22)16(18(28-17)19(24)27-9-23)12-3-2-11(20)7-14(12)21/h2-7,9H,1H3,(H,25,26)(H3,23,24,27). The Morgan fingerprint density at radius 2 is 2.14 bits per heavy atom. The molecule has 3 rings (SSSR count). The van der Waals surface area contributed by atoms with Crippen LogP contribution >= 0.6 is 34.5 Å². The van der Waals surface area contributed by atoms with Gasteiger partial charge in [0.05, 0.1) is 15.3 Å². The fourth-order valence-electron chi connectivity index (χ4n) is 2.71.